The van der Waals surface area contributed by atoms with Gasteiger partial charge in [-0.15, -0.1) is 0 Å². The number of rotatable bonds is 4. The highest BCUT2D eigenvalue weighted by atomic mass is 19.1. The minimum atomic E-state index is -0.313. The molecular formula is C28H23F2N5. The second kappa shape index (κ2) is 9.00. The maximum atomic E-state index is 14.0. The fourth-order valence-corrected chi connectivity index (χ4v) is 5.01. The van der Waals surface area contributed by atoms with Crippen LogP contribution in [0.15, 0.2) is 73.1 Å². The highest BCUT2D eigenvalue weighted by molar-refractivity contribution is 6.07. The smallest absolute Gasteiger partial charge is 0.182 e. The van der Waals surface area contributed by atoms with Gasteiger partial charge in [0.2, 0.25) is 0 Å². The van der Waals surface area contributed by atoms with Crippen LogP contribution in [-0.4, -0.2) is 33.3 Å². The highest BCUT2D eigenvalue weighted by Gasteiger charge is 2.27. The molecule has 5 aromatic rings. The minimum Gasteiger partial charge on any atom is -0.317 e. The molecule has 2 aromatic carbocycles. The van der Waals surface area contributed by atoms with Crippen molar-refractivity contribution in [1.29, 1.82) is 0 Å². The molecule has 3 aromatic heterocycles. The molecule has 0 spiro atoms. The van der Waals surface area contributed by atoms with Gasteiger partial charge in [-0.25, -0.2) is 13.8 Å². The Bertz CT molecular complexity index is 1470. The van der Waals surface area contributed by atoms with E-state index in [1.165, 1.54) is 24.3 Å². The fraction of sp³-hybridized carbons (Fsp3) is 0.179. The maximum absolute atomic E-state index is 14.0. The van der Waals surface area contributed by atoms with Crippen molar-refractivity contribution >= 4 is 11.0 Å². The minimum absolute atomic E-state index is 0.297. The number of pyridine rings is 2. The van der Waals surface area contributed by atoms with Crippen LogP contribution in [0.5, 0.6) is 0 Å². The lowest BCUT2D eigenvalue weighted by Gasteiger charge is -2.23. The summed E-state index contributed by atoms with van der Waals surface area (Å²) in [6, 6.07) is 16.7. The molecule has 1 fully saturated rings. The summed E-state index contributed by atoms with van der Waals surface area (Å²) in [5, 5.41) is 12.3. The summed E-state index contributed by atoms with van der Waals surface area (Å²) >= 11 is 0. The Morgan fingerprint density at radius 2 is 1.31 bits per heavy atom. The summed E-state index contributed by atoms with van der Waals surface area (Å²) in [6.45, 7) is 1.88. The molecule has 6 rings (SSSR count). The van der Waals surface area contributed by atoms with Crippen LogP contribution in [0, 0.1) is 11.6 Å². The standard InChI is InChI=1S/C28H23F2N5/c29-21-5-1-17(2-6-21)23-24(18-9-13-31-14-10-18)26(19-3-7-22(30)8-4-19)33-28-25(23)27(34-35-28)20-11-15-32-16-12-20/h1-10,13-14,20,32H,11-12,15-16H2,(H,33,34,35). The third-order valence-electron chi connectivity index (χ3n) is 6.70. The number of hydrogen-bond donors (Lipinski definition) is 2. The SMILES string of the molecule is Fc1ccc(-c2nc3n[nH]c(C4CCNCC4)c3c(-c3ccc(F)cc3)c2-c2ccncc2)cc1. The first-order valence-corrected chi connectivity index (χ1v) is 11.7. The zero-order chi connectivity index (χ0) is 23.8. The summed E-state index contributed by atoms with van der Waals surface area (Å²) in [5.41, 5.74) is 6.71. The number of nitrogens with zero attached hydrogens (tertiary/aromatic N) is 3. The van der Waals surface area contributed by atoms with Gasteiger partial charge in [0.15, 0.2) is 5.65 Å². The number of hydrogen-bond acceptors (Lipinski definition) is 4. The first kappa shape index (κ1) is 21.6. The first-order chi connectivity index (χ1) is 17.2. The fourth-order valence-electron chi connectivity index (χ4n) is 5.01. The van der Waals surface area contributed by atoms with Gasteiger partial charge in [0.05, 0.1) is 11.1 Å². The molecule has 0 atom stereocenters. The van der Waals surface area contributed by atoms with Gasteiger partial charge in [-0.3, -0.25) is 10.1 Å². The van der Waals surface area contributed by atoms with Gasteiger partial charge < -0.3 is 5.32 Å². The van der Waals surface area contributed by atoms with E-state index in [1.54, 1.807) is 36.7 Å². The van der Waals surface area contributed by atoms with E-state index in [4.69, 9.17) is 4.98 Å². The second-order valence-electron chi connectivity index (χ2n) is 8.82. The number of benzene rings is 2. The molecule has 2 N–H and O–H groups in total. The molecule has 174 valence electrons. The zero-order valence-electron chi connectivity index (χ0n) is 18.9. The molecule has 7 heteroatoms. The van der Waals surface area contributed by atoms with Crippen LogP contribution in [0.25, 0.3) is 44.5 Å². The number of aromatic nitrogens is 4. The van der Waals surface area contributed by atoms with Gasteiger partial charge in [0.1, 0.15) is 11.6 Å². The lowest BCUT2D eigenvalue weighted by molar-refractivity contribution is 0.454. The number of fused-ring (bicyclic) bond motifs is 1. The Hall–Kier alpha value is -3.97. The second-order valence-corrected chi connectivity index (χ2v) is 8.82. The summed E-state index contributed by atoms with van der Waals surface area (Å²) < 4.78 is 27.7. The Morgan fingerprint density at radius 3 is 1.97 bits per heavy atom. The molecule has 1 aliphatic heterocycles. The third-order valence-corrected chi connectivity index (χ3v) is 6.70. The number of halogens is 2. The van der Waals surface area contributed by atoms with Crippen molar-refractivity contribution in [2.75, 3.05) is 13.1 Å². The highest BCUT2D eigenvalue weighted by Crippen LogP contribution is 2.45. The van der Waals surface area contributed by atoms with Crippen molar-refractivity contribution in [2.24, 2.45) is 0 Å². The van der Waals surface area contributed by atoms with E-state index in [9.17, 15) is 8.78 Å². The van der Waals surface area contributed by atoms with E-state index in [-0.39, 0.29) is 11.6 Å². The third kappa shape index (κ3) is 3.98. The van der Waals surface area contributed by atoms with Gasteiger partial charge in [0.25, 0.3) is 0 Å². The van der Waals surface area contributed by atoms with Gasteiger partial charge >= 0.3 is 0 Å². The van der Waals surface area contributed by atoms with E-state index in [1.807, 2.05) is 12.1 Å². The molecule has 35 heavy (non-hydrogen) atoms. The van der Waals surface area contributed by atoms with Crippen LogP contribution < -0.4 is 5.32 Å². The van der Waals surface area contributed by atoms with E-state index in [0.717, 1.165) is 64.8 Å². The molecular weight excluding hydrogens is 444 g/mol. The Morgan fingerprint density at radius 1 is 0.714 bits per heavy atom. The normalized spacial score (nSPS) is 14.5. The van der Waals surface area contributed by atoms with Crippen molar-refractivity contribution in [3.05, 3.63) is 90.4 Å². The molecule has 0 saturated carbocycles. The molecule has 0 radical (unpaired) electrons. The quantitative estimate of drug-likeness (QED) is 0.335. The topological polar surface area (TPSA) is 66.5 Å². The van der Waals surface area contributed by atoms with Gasteiger partial charge in [-0.05, 0) is 85.6 Å². The predicted molar refractivity (Wildman–Crippen MR) is 133 cm³/mol. The van der Waals surface area contributed by atoms with Crippen LogP contribution in [0.3, 0.4) is 0 Å². The molecule has 0 amide bonds. The van der Waals surface area contributed by atoms with E-state index in [2.05, 4.69) is 20.5 Å². The van der Waals surface area contributed by atoms with Gasteiger partial charge in [0, 0.05) is 40.7 Å². The zero-order valence-corrected chi connectivity index (χ0v) is 18.9. The van der Waals surface area contributed by atoms with E-state index < -0.39 is 0 Å². The van der Waals surface area contributed by atoms with Crippen molar-refractivity contribution < 1.29 is 8.78 Å². The average Bonchev–Trinajstić information content (AvgIpc) is 3.33. The molecule has 0 bridgehead atoms. The average molecular weight is 468 g/mol. The van der Waals surface area contributed by atoms with Crippen LogP contribution in [0.2, 0.25) is 0 Å². The number of aromatic amines is 1. The van der Waals surface area contributed by atoms with Crippen molar-refractivity contribution in [1.82, 2.24) is 25.5 Å². The lowest BCUT2D eigenvalue weighted by Crippen LogP contribution is -2.26. The molecule has 4 heterocycles. The summed E-state index contributed by atoms with van der Waals surface area (Å²) in [4.78, 5) is 9.19. The van der Waals surface area contributed by atoms with E-state index in [0.29, 0.717) is 17.3 Å². The van der Waals surface area contributed by atoms with E-state index >= 15 is 0 Å². The Labute approximate surface area is 201 Å². The van der Waals surface area contributed by atoms with Crippen LogP contribution in [0.1, 0.15) is 24.5 Å². The summed E-state index contributed by atoms with van der Waals surface area (Å²) in [6.07, 6.45) is 5.46. The van der Waals surface area contributed by atoms with Crippen LogP contribution in [0.4, 0.5) is 8.78 Å². The van der Waals surface area contributed by atoms with Crippen molar-refractivity contribution in [3.8, 4) is 33.5 Å². The molecule has 1 saturated heterocycles. The Kier molecular flexibility index (Phi) is 5.54. The van der Waals surface area contributed by atoms with Crippen molar-refractivity contribution in [3.63, 3.8) is 0 Å². The monoisotopic (exact) mass is 467 g/mol. The number of H-pyrrole nitrogens is 1. The Balaban J connectivity index is 1.73. The summed E-state index contributed by atoms with van der Waals surface area (Å²) in [5.74, 6) is -0.301. The van der Waals surface area contributed by atoms with Gasteiger partial charge in [-0.1, -0.05) is 12.1 Å². The molecule has 1 aliphatic rings. The molecule has 0 unspecified atom stereocenters. The summed E-state index contributed by atoms with van der Waals surface area (Å²) in [7, 11) is 0. The lowest BCUT2D eigenvalue weighted by atomic mass is 9.85. The first-order valence-electron chi connectivity index (χ1n) is 11.7. The van der Waals surface area contributed by atoms with Gasteiger partial charge in [-0.2, -0.15) is 5.10 Å². The number of piperidine rings is 1. The largest absolute Gasteiger partial charge is 0.317 e. The maximum Gasteiger partial charge on any atom is 0.182 e. The molecule has 5 nitrogen and oxygen atoms in total. The van der Waals surface area contributed by atoms with Crippen LogP contribution in [-0.2, 0) is 0 Å². The number of nitrogens with one attached hydrogen (secondary N) is 2. The van der Waals surface area contributed by atoms with Crippen LogP contribution >= 0.6 is 0 Å². The predicted octanol–water partition coefficient (Wildman–Crippen LogP) is 6.10. The van der Waals surface area contributed by atoms with Crippen molar-refractivity contribution in [2.45, 2.75) is 18.8 Å². The molecule has 0 aliphatic carbocycles.